The average molecular weight is 355 g/mol. The highest BCUT2D eigenvalue weighted by atomic mass is 16.5. The number of pyridine rings is 1. The highest BCUT2D eigenvalue weighted by Crippen LogP contribution is 2.36. The second-order valence-corrected chi connectivity index (χ2v) is 7.44. The Labute approximate surface area is 153 Å². The lowest BCUT2D eigenvalue weighted by Crippen LogP contribution is -2.33. The van der Waals surface area contributed by atoms with Crippen LogP contribution in [0.5, 0.6) is 11.5 Å². The predicted octanol–water partition coefficient (Wildman–Crippen LogP) is 3.54. The van der Waals surface area contributed by atoms with Crippen molar-refractivity contribution in [1.29, 1.82) is 0 Å². The van der Waals surface area contributed by atoms with Crippen molar-refractivity contribution in [3.8, 4) is 11.5 Å². The Kier molecular flexibility index (Phi) is 5.16. The molecule has 0 saturated carbocycles. The van der Waals surface area contributed by atoms with Gasteiger partial charge in [0.2, 0.25) is 0 Å². The molecule has 2 heterocycles. The first kappa shape index (κ1) is 18.2. The number of carbonyl (C=O) groups excluding carboxylic acids is 1. The van der Waals surface area contributed by atoms with Crippen LogP contribution >= 0.6 is 0 Å². The number of phenols is 1. The normalized spacial score (nSPS) is 16.5. The average Bonchev–Trinajstić information content (AvgIpc) is 2.55. The van der Waals surface area contributed by atoms with E-state index in [1.807, 2.05) is 19.1 Å². The summed E-state index contributed by atoms with van der Waals surface area (Å²) in [5.74, 6) is 0.706. The SMILES string of the molecule is Cc1cc2c(c(=O)n1CCc1ccc(O)cc1)C(CC(C)C)CC(=O)O2. The van der Waals surface area contributed by atoms with E-state index in [1.54, 1.807) is 22.8 Å². The molecule has 0 amide bonds. The second-order valence-electron chi connectivity index (χ2n) is 7.44. The van der Waals surface area contributed by atoms with Crippen LogP contribution in [-0.2, 0) is 17.8 Å². The van der Waals surface area contributed by atoms with Gasteiger partial charge in [-0.3, -0.25) is 9.59 Å². The summed E-state index contributed by atoms with van der Waals surface area (Å²) in [6.45, 7) is 6.60. The lowest BCUT2D eigenvalue weighted by Gasteiger charge is -2.26. The van der Waals surface area contributed by atoms with Gasteiger partial charge in [-0.25, -0.2) is 0 Å². The Balaban J connectivity index is 1.93. The van der Waals surface area contributed by atoms with Crippen LogP contribution in [0.1, 0.15) is 49.4 Å². The van der Waals surface area contributed by atoms with Crippen LogP contribution in [0, 0.1) is 12.8 Å². The van der Waals surface area contributed by atoms with E-state index in [4.69, 9.17) is 4.74 Å². The molecule has 0 bridgehead atoms. The Morgan fingerprint density at radius 2 is 1.92 bits per heavy atom. The molecule has 0 saturated heterocycles. The van der Waals surface area contributed by atoms with E-state index in [2.05, 4.69) is 13.8 Å². The summed E-state index contributed by atoms with van der Waals surface area (Å²) in [4.78, 5) is 25.1. The van der Waals surface area contributed by atoms with Gasteiger partial charge in [-0.2, -0.15) is 0 Å². The molecule has 0 spiro atoms. The number of rotatable bonds is 5. The molecule has 0 fully saturated rings. The van der Waals surface area contributed by atoms with Gasteiger partial charge in [-0.1, -0.05) is 26.0 Å². The van der Waals surface area contributed by atoms with Crippen molar-refractivity contribution in [3.05, 3.63) is 57.5 Å². The van der Waals surface area contributed by atoms with Crippen molar-refractivity contribution in [2.45, 2.75) is 52.5 Å². The molecule has 5 heteroatoms. The number of nitrogens with zero attached hydrogens (tertiary/aromatic N) is 1. The fourth-order valence-electron chi connectivity index (χ4n) is 3.64. The van der Waals surface area contributed by atoms with Gasteiger partial charge in [0.05, 0.1) is 12.0 Å². The Hall–Kier alpha value is -2.56. The first-order valence-corrected chi connectivity index (χ1v) is 9.08. The van der Waals surface area contributed by atoms with Crippen LogP contribution in [0.4, 0.5) is 0 Å². The highest BCUT2D eigenvalue weighted by molar-refractivity contribution is 5.76. The number of ether oxygens (including phenoxy) is 1. The Morgan fingerprint density at radius 1 is 1.23 bits per heavy atom. The number of carbonyl (C=O) groups is 1. The van der Waals surface area contributed by atoms with Gasteiger partial charge >= 0.3 is 5.97 Å². The maximum Gasteiger partial charge on any atom is 0.311 e. The number of phenolic OH excluding ortho intramolecular Hbond substituents is 1. The third kappa shape index (κ3) is 3.82. The van der Waals surface area contributed by atoms with Gasteiger partial charge in [0.1, 0.15) is 11.5 Å². The van der Waals surface area contributed by atoms with E-state index in [0.29, 0.717) is 30.2 Å². The molecule has 1 aromatic heterocycles. The summed E-state index contributed by atoms with van der Waals surface area (Å²) in [6.07, 6.45) is 1.74. The van der Waals surface area contributed by atoms with Crippen LogP contribution in [0.25, 0.3) is 0 Å². The molecule has 2 aromatic rings. The summed E-state index contributed by atoms with van der Waals surface area (Å²) in [7, 11) is 0. The van der Waals surface area contributed by atoms with E-state index in [1.165, 1.54) is 0 Å². The smallest absolute Gasteiger partial charge is 0.311 e. The molecule has 1 N–H and O–H groups in total. The minimum atomic E-state index is -0.260. The number of aromatic hydroxyl groups is 1. The largest absolute Gasteiger partial charge is 0.508 e. The minimum Gasteiger partial charge on any atom is -0.508 e. The number of aryl methyl sites for hydroxylation is 2. The van der Waals surface area contributed by atoms with Crippen molar-refractivity contribution in [1.82, 2.24) is 4.57 Å². The summed E-state index contributed by atoms with van der Waals surface area (Å²) < 4.78 is 7.12. The van der Waals surface area contributed by atoms with Crippen LogP contribution in [0.2, 0.25) is 0 Å². The second kappa shape index (κ2) is 7.36. The first-order valence-electron chi connectivity index (χ1n) is 9.08. The molecule has 5 nitrogen and oxygen atoms in total. The fourth-order valence-corrected chi connectivity index (χ4v) is 3.64. The predicted molar refractivity (Wildman–Crippen MR) is 99.7 cm³/mol. The van der Waals surface area contributed by atoms with Gasteiger partial charge < -0.3 is 14.4 Å². The molecule has 1 atom stereocenters. The third-order valence-electron chi connectivity index (χ3n) is 4.87. The highest BCUT2D eigenvalue weighted by Gasteiger charge is 2.31. The van der Waals surface area contributed by atoms with Gasteiger partial charge in [-0.15, -0.1) is 0 Å². The summed E-state index contributed by atoms with van der Waals surface area (Å²) in [5, 5.41) is 9.39. The standard InChI is InChI=1S/C21H25NO4/c1-13(2)10-16-12-19(24)26-18-11-14(3)22(21(25)20(16)18)9-8-15-4-6-17(23)7-5-15/h4-7,11,13,16,23H,8-10,12H2,1-3H3. The zero-order valence-corrected chi connectivity index (χ0v) is 15.5. The fraction of sp³-hybridized carbons (Fsp3) is 0.429. The molecule has 1 aliphatic rings. The molecule has 1 aromatic carbocycles. The molecule has 26 heavy (non-hydrogen) atoms. The molecular formula is C21H25NO4. The van der Waals surface area contributed by atoms with E-state index in [9.17, 15) is 14.7 Å². The van der Waals surface area contributed by atoms with Crippen LogP contribution < -0.4 is 10.3 Å². The van der Waals surface area contributed by atoms with E-state index >= 15 is 0 Å². The molecule has 138 valence electrons. The number of hydrogen-bond donors (Lipinski definition) is 1. The Bertz CT molecular complexity index is 865. The molecule has 1 aliphatic heterocycles. The number of fused-ring (bicyclic) bond motifs is 1. The summed E-state index contributed by atoms with van der Waals surface area (Å²) in [5.41, 5.74) is 2.41. The van der Waals surface area contributed by atoms with Crippen molar-refractivity contribution in [2.75, 3.05) is 0 Å². The maximum absolute atomic E-state index is 13.1. The minimum absolute atomic E-state index is 0.0584. The number of benzene rings is 1. The maximum atomic E-state index is 13.1. The zero-order valence-electron chi connectivity index (χ0n) is 15.5. The quantitative estimate of drug-likeness (QED) is 0.833. The van der Waals surface area contributed by atoms with Crippen LogP contribution in [-0.4, -0.2) is 15.6 Å². The van der Waals surface area contributed by atoms with Crippen molar-refractivity contribution in [3.63, 3.8) is 0 Å². The summed E-state index contributed by atoms with van der Waals surface area (Å²) in [6, 6.07) is 8.82. The summed E-state index contributed by atoms with van der Waals surface area (Å²) >= 11 is 0. The van der Waals surface area contributed by atoms with Gasteiger partial charge in [0.25, 0.3) is 5.56 Å². The van der Waals surface area contributed by atoms with E-state index in [0.717, 1.165) is 17.7 Å². The van der Waals surface area contributed by atoms with Gasteiger partial charge in [0, 0.05) is 24.2 Å². The van der Waals surface area contributed by atoms with Gasteiger partial charge in [0.15, 0.2) is 0 Å². The van der Waals surface area contributed by atoms with Gasteiger partial charge in [-0.05, 0) is 43.4 Å². The molecule has 1 unspecified atom stereocenters. The van der Waals surface area contributed by atoms with Crippen molar-refractivity contribution >= 4 is 5.97 Å². The molecular weight excluding hydrogens is 330 g/mol. The van der Waals surface area contributed by atoms with Crippen LogP contribution in [0.15, 0.2) is 35.1 Å². The van der Waals surface area contributed by atoms with E-state index < -0.39 is 0 Å². The molecule has 0 aliphatic carbocycles. The van der Waals surface area contributed by atoms with Crippen molar-refractivity contribution < 1.29 is 14.6 Å². The number of hydrogen-bond acceptors (Lipinski definition) is 4. The first-order chi connectivity index (χ1) is 12.3. The molecule has 3 rings (SSSR count). The van der Waals surface area contributed by atoms with Crippen LogP contribution in [0.3, 0.4) is 0 Å². The topological polar surface area (TPSA) is 68.5 Å². The van der Waals surface area contributed by atoms with Crippen molar-refractivity contribution in [2.24, 2.45) is 5.92 Å². The van der Waals surface area contributed by atoms with E-state index in [-0.39, 0.29) is 29.6 Å². The third-order valence-corrected chi connectivity index (χ3v) is 4.87. The Morgan fingerprint density at radius 3 is 2.58 bits per heavy atom. The lowest BCUT2D eigenvalue weighted by molar-refractivity contribution is -0.136. The zero-order chi connectivity index (χ0) is 18.8. The number of esters is 1. The molecule has 0 radical (unpaired) electrons. The monoisotopic (exact) mass is 355 g/mol. The number of aromatic nitrogens is 1. The lowest BCUT2D eigenvalue weighted by atomic mass is 9.86.